The number of aliphatic hydroxyl groups is 1. The van der Waals surface area contributed by atoms with Crippen molar-refractivity contribution in [2.75, 3.05) is 14.1 Å². The Kier molecular flexibility index (Phi) is 3.39. The van der Waals surface area contributed by atoms with Crippen LogP contribution >= 0.6 is 0 Å². The first-order chi connectivity index (χ1) is 6.93. The van der Waals surface area contributed by atoms with Gasteiger partial charge in [0.1, 0.15) is 0 Å². The van der Waals surface area contributed by atoms with Crippen molar-refractivity contribution in [3.05, 3.63) is 30.1 Å². The Bertz CT molecular complexity index is 336. The maximum atomic E-state index is 11.7. The molecular formula is C10H16N3O2+. The SMILES string of the molecule is CC(O)[N+](C)(C)NC(=O)c1cccnc1. The molecule has 1 aromatic heterocycles. The minimum Gasteiger partial charge on any atom is -0.343 e. The van der Waals surface area contributed by atoms with E-state index >= 15 is 0 Å². The van der Waals surface area contributed by atoms with E-state index in [1.54, 1.807) is 39.3 Å². The van der Waals surface area contributed by atoms with Gasteiger partial charge >= 0.3 is 0 Å². The Morgan fingerprint density at radius 1 is 1.60 bits per heavy atom. The Morgan fingerprint density at radius 3 is 2.73 bits per heavy atom. The van der Waals surface area contributed by atoms with Crippen molar-refractivity contribution in [1.29, 1.82) is 0 Å². The summed E-state index contributed by atoms with van der Waals surface area (Å²) in [4.78, 5) is 15.5. The first-order valence-electron chi connectivity index (χ1n) is 4.68. The number of hydrogen-bond donors (Lipinski definition) is 2. The van der Waals surface area contributed by atoms with Crippen molar-refractivity contribution in [2.45, 2.75) is 13.2 Å². The minimum atomic E-state index is -0.675. The molecule has 0 saturated carbocycles. The number of nitrogens with one attached hydrogen (secondary N) is 1. The zero-order chi connectivity index (χ0) is 11.5. The predicted octanol–water partition coefficient (Wildman–Crippen LogP) is 0.141. The van der Waals surface area contributed by atoms with Gasteiger partial charge in [0.25, 0.3) is 5.91 Å². The van der Waals surface area contributed by atoms with Crippen LogP contribution < -0.4 is 5.43 Å². The lowest BCUT2D eigenvalue weighted by atomic mass is 10.3. The van der Waals surface area contributed by atoms with Crippen LogP contribution in [0.5, 0.6) is 0 Å². The van der Waals surface area contributed by atoms with E-state index in [4.69, 9.17) is 0 Å². The number of carbonyl (C=O) groups excluding carboxylic acids is 1. The highest BCUT2D eigenvalue weighted by molar-refractivity contribution is 5.92. The van der Waals surface area contributed by atoms with E-state index < -0.39 is 6.23 Å². The van der Waals surface area contributed by atoms with Gasteiger partial charge in [-0.15, -0.1) is 0 Å². The summed E-state index contributed by atoms with van der Waals surface area (Å²) < 4.78 is 0.00767. The van der Waals surface area contributed by atoms with E-state index in [1.807, 2.05) is 0 Å². The molecule has 1 rings (SSSR count). The van der Waals surface area contributed by atoms with Gasteiger partial charge in [-0.2, -0.15) is 5.43 Å². The van der Waals surface area contributed by atoms with E-state index in [0.717, 1.165) is 0 Å². The van der Waals surface area contributed by atoms with Crippen molar-refractivity contribution in [3.8, 4) is 0 Å². The number of quaternary nitrogens is 1. The lowest BCUT2D eigenvalue weighted by Gasteiger charge is -2.31. The molecule has 2 N–H and O–H groups in total. The molecule has 0 aliphatic heterocycles. The molecule has 0 aromatic carbocycles. The third-order valence-corrected chi connectivity index (χ3v) is 2.25. The van der Waals surface area contributed by atoms with Crippen molar-refractivity contribution in [1.82, 2.24) is 10.4 Å². The van der Waals surface area contributed by atoms with Crippen LogP contribution in [0.3, 0.4) is 0 Å². The summed E-state index contributed by atoms with van der Waals surface area (Å²) in [5, 5.41) is 9.42. The van der Waals surface area contributed by atoms with Gasteiger partial charge in [0.15, 0.2) is 0 Å². The molecule has 82 valence electrons. The zero-order valence-corrected chi connectivity index (χ0v) is 9.14. The van der Waals surface area contributed by atoms with Crippen molar-refractivity contribution in [2.24, 2.45) is 0 Å². The van der Waals surface area contributed by atoms with Crippen LogP contribution in [0.1, 0.15) is 17.3 Å². The second kappa shape index (κ2) is 4.37. The zero-order valence-electron chi connectivity index (χ0n) is 9.14. The topological polar surface area (TPSA) is 62.2 Å². The quantitative estimate of drug-likeness (QED) is 0.424. The number of aromatic nitrogens is 1. The Morgan fingerprint density at radius 2 is 2.27 bits per heavy atom. The highest BCUT2D eigenvalue weighted by Gasteiger charge is 2.25. The standard InChI is InChI=1S/C10H15N3O2/c1-8(14)13(2,3)12-10(15)9-5-4-6-11-7-9/h4-8,14H,1-3H3/p+1. The normalized spacial score (nSPS) is 13.3. The van der Waals surface area contributed by atoms with Crippen LogP contribution in [-0.4, -0.2) is 40.9 Å². The summed E-state index contributed by atoms with van der Waals surface area (Å²) in [6.45, 7) is 1.61. The Balaban J connectivity index is 2.73. The third-order valence-electron chi connectivity index (χ3n) is 2.25. The fourth-order valence-electron chi connectivity index (χ4n) is 0.917. The van der Waals surface area contributed by atoms with Crippen LogP contribution in [0.25, 0.3) is 0 Å². The van der Waals surface area contributed by atoms with E-state index in [1.165, 1.54) is 6.20 Å². The summed E-state index contributed by atoms with van der Waals surface area (Å²) in [7, 11) is 3.41. The molecule has 0 spiro atoms. The van der Waals surface area contributed by atoms with Crippen LogP contribution in [0.2, 0.25) is 0 Å². The Labute approximate surface area is 88.9 Å². The van der Waals surface area contributed by atoms with Crippen LogP contribution in [0, 0.1) is 0 Å². The molecule has 0 fully saturated rings. The molecule has 0 radical (unpaired) electrons. The average molecular weight is 210 g/mol. The maximum absolute atomic E-state index is 11.7. The molecular weight excluding hydrogens is 194 g/mol. The van der Waals surface area contributed by atoms with E-state index in [9.17, 15) is 9.90 Å². The molecule has 15 heavy (non-hydrogen) atoms. The van der Waals surface area contributed by atoms with Crippen LogP contribution in [0.4, 0.5) is 0 Å². The highest BCUT2D eigenvalue weighted by Crippen LogP contribution is 2.01. The van der Waals surface area contributed by atoms with Crippen molar-refractivity contribution < 1.29 is 14.5 Å². The third kappa shape index (κ3) is 3.00. The minimum absolute atomic E-state index is 0.00767. The summed E-state index contributed by atoms with van der Waals surface area (Å²) in [6, 6.07) is 3.36. The van der Waals surface area contributed by atoms with E-state index in [0.29, 0.717) is 5.56 Å². The van der Waals surface area contributed by atoms with Crippen LogP contribution in [0.15, 0.2) is 24.5 Å². The molecule has 1 heterocycles. The summed E-state index contributed by atoms with van der Waals surface area (Å²) in [5.74, 6) is -0.256. The number of amides is 1. The number of hydrogen-bond acceptors (Lipinski definition) is 3. The van der Waals surface area contributed by atoms with E-state index in [-0.39, 0.29) is 10.5 Å². The van der Waals surface area contributed by atoms with Crippen molar-refractivity contribution in [3.63, 3.8) is 0 Å². The first-order valence-corrected chi connectivity index (χ1v) is 4.68. The highest BCUT2D eigenvalue weighted by atomic mass is 16.3. The van der Waals surface area contributed by atoms with E-state index in [2.05, 4.69) is 10.4 Å². The molecule has 0 bridgehead atoms. The predicted molar refractivity (Wildman–Crippen MR) is 55.5 cm³/mol. The van der Waals surface area contributed by atoms with Gasteiger partial charge in [-0.3, -0.25) is 9.78 Å². The fourth-order valence-corrected chi connectivity index (χ4v) is 0.917. The van der Waals surface area contributed by atoms with Gasteiger partial charge < -0.3 is 5.11 Å². The smallest absolute Gasteiger partial charge is 0.297 e. The largest absolute Gasteiger partial charge is 0.343 e. The molecule has 1 amide bonds. The molecule has 0 aliphatic carbocycles. The summed E-state index contributed by atoms with van der Waals surface area (Å²) in [6.07, 6.45) is 2.41. The summed E-state index contributed by atoms with van der Waals surface area (Å²) >= 11 is 0. The van der Waals surface area contributed by atoms with Gasteiger partial charge in [0, 0.05) is 19.3 Å². The molecule has 1 aromatic rings. The van der Waals surface area contributed by atoms with Crippen molar-refractivity contribution >= 4 is 5.91 Å². The summed E-state index contributed by atoms with van der Waals surface area (Å²) in [5.41, 5.74) is 3.16. The van der Waals surface area contributed by atoms with Gasteiger partial charge in [0.05, 0.1) is 19.7 Å². The van der Waals surface area contributed by atoms with Gasteiger partial charge in [-0.1, -0.05) is 0 Å². The number of pyridine rings is 1. The number of aliphatic hydroxyl groups excluding tert-OH is 1. The lowest BCUT2D eigenvalue weighted by Crippen LogP contribution is -2.59. The molecule has 1 atom stereocenters. The maximum Gasteiger partial charge on any atom is 0.297 e. The second-order valence-electron chi connectivity index (χ2n) is 3.85. The fraction of sp³-hybridized carbons (Fsp3) is 0.400. The Hall–Kier alpha value is -1.46. The second-order valence-corrected chi connectivity index (χ2v) is 3.85. The first kappa shape index (κ1) is 11.6. The van der Waals surface area contributed by atoms with Gasteiger partial charge in [-0.25, -0.2) is 4.59 Å². The molecule has 0 saturated heterocycles. The molecule has 0 aliphatic rings. The number of carbonyl (C=O) groups is 1. The molecule has 5 nitrogen and oxygen atoms in total. The average Bonchev–Trinajstić information content (AvgIpc) is 2.18. The van der Waals surface area contributed by atoms with Gasteiger partial charge in [-0.05, 0) is 12.1 Å². The van der Waals surface area contributed by atoms with Gasteiger partial charge in [0.2, 0.25) is 6.23 Å². The lowest BCUT2D eigenvalue weighted by molar-refractivity contribution is -0.966. The number of rotatable bonds is 3. The number of nitrogens with zero attached hydrogens (tertiary/aromatic N) is 2. The molecule has 5 heteroatoms. The van der Waals surface area contributed by atoms with Crippen LogP contribution in [-0.2, 0) is 0 Å². The monoisotopic (exact) mass is 210 g/mol. The molecule has 1 unspecified atom stereocenters.